The maximum absolute atomic E-state index is 12.8. The van der Waals surface area contributed by atoms with Crippen molar-refractivity contribution in [1.82, 2.24) is 9.78 Å². The quantitative estimate of drug-likeness (QED) is 0.783. The molecule has 2 N–H and O–H groups in total. The second-order valence-electron chi connectivity index (χ2n) is 7.12. The Morgan fingerprint density at radius 3 is 2.61 bits per heavy atom. The molecule has 2 amide bonds. The van der Waals surface area contributed by atoms with Crippen molar-refractivity contribution < 1.29 is 9.59 Å². The second-order valence-corrected chi connectivity index (χ2v) is 7.12. The number of anilines is 2. The lowest BCUT2D eigenvalue weighted by atomic mass is 9.72. The van der Waals surface area contributed by atoms with Gasteiger partial charge in [0.1, 0.15) is 11.2 Å². The standard InChI is InChI=1S/C17H18N4O2/c1-16(2,3)21-14-11(9-18-21)17(8-13(22)20-14)10-6-4-5-7-12(10)19-15(17)23/h4-7,9H,8H2,1-3H3,(H,19,23)(H,20,22). The molecule has 2 aliphatic heterocycles. The Kier molecular flexibility index (Phi) is 2.57. The molecule has 6 nitrogen and oxygen atoms in total. The number of hydrogen-bond donors (Lipinski definition) is 2. The number of fused-ring (bicyclic) bond motifs is 4. The minimum Gasteiger partial charge on any atom is -0.325 e. The van der Waals surface area contributed by atoms with Crippen LogP contribution in [0.4, 0.5) is 11.5 Å². The zero-order valence-electron chi connectivity index (χ0n) is 13.3. The number of para-hydroxylation sites is 1. The summed E-state index contributed by atoms with van der Waals surface area (Å²) in [5.41, 5.74) is 1.08. The van der Waals surface area contributed by atoms with Crippen LogP contribution >= 0.6 is 0 Å². The zero-order chi connectivity index (χ0) is 16.4. The highest BCUT2D eigenvalue weighted by atomic mass is 16.2. The summed E-state index contributed by atoms with van der Waals surface area (Å²) in [7, 11) is 0. The van der Waals surface area contributed by atoms with Gasteiger partial charge in [0.25, 0.3) is 0 Å². The van der Waals surface area contributed by atoms with Gasteiger partial charge in [-0.05, 0) is 32.4 Å². The van der Waals surface area contributed by atoms with Crippen molar-refractivity contribution in [1.29, 1.82) is 0 Å². The molecule has 1 spiro atoms. The molecule has 0 bridgehead atoms. The summed E-state index contributed by atoms with van der Waals surface area (Å²) < 4.78 is 1.77. The average Bonchev–Trinajstić information content (AvgIpc) is 3.00. The lowest BCUT2D eigenvalue weighted by molar-refractivity contribution is -0.125. The van der Waals surface area contributed by atoms with Gasteiger partial charge in [0, 0.05) is 17.7 Å². The average molecular weight is 310 g/mol. The highest BCUT2D eigenvalue weighted by Gasteiger charge is 2.54. The molecular weight excluding hydrogens is 292 g/mol. The molecule has 2 aromatic rings. The minimum atomic E-state index is -0.988. The van der Waals surface area contributed by atoms with E-state index in [1.54, 1.807) is 10.9 Å². The highest BCUT2D eigenvalue weighted by Crippen LogP contribution is 2.50. The molecule has 1 atom stereocenters. The number of aromatic nitrogens is 2. The van der Waals surface area contributed by atoms with E-state index in [0.717, 1.165) is 16.8 Å². The number of amides is 2. The highest BCUT2D eigenvalue weighted by molar-refractivity contribution is 6.14. The van der Waals surface area contributed by atoms with Crippen molar-refractivity contribution in [3.8, 4) is 0 Å². The van der Waals surface area contributed by atoms with Crippen LogP contribution in [-0.2, 0) is 20.5 Å². The van der Waals surface area contributed by atoms with Gasteiger partial charge in [0.05, 0.1) is 11.7 Å². The number of rotatable bonds is 0. The van der Waals surface area contributed by atoms with E-state index in [-0.39, 0.29) is 23.8 Å². The fraction of sp³-hybridized carbons (Fsp3) is 0.353. The van der Waals surface area contributed by atoms with Gasteiger partial charge in [-0.1, -0.05) is 18.2 Å². The van der Waals surface area contributed by atoms with Crippen molar-refractivity contribution in [3.05, 3.63) is 41.6 Å². The Morgan fingerprint density at radius 2 is 1.87 bits per heavy atom. The van der Waals surface area contributed by atoms with Crippen LogP contribution in [0.5, 0.6) is 0 Å². The first-order valence-electron chi connectivity index (χ1n) is 7.64. The van der Waals surface area contributed by atoms with Gasteiger partial charge in [0.2, 0.25) is 11.8 Å². The first-order chi connectivity index (χ1) is 10.8. The molecule has 0 radical (unpaired) electrons. The Labute approximate surface area is 133 Å². The summed E-state index contributed by atoms with van der Waals surface area (Å²) in [5, 5.41) is 10.3. The van der Waals surface area contributed by atoms with E-state index < -0.39 is 5.41 Å². The number of carbonyl (C=O) groups excluding carboxylic acids is 2. The molecular formula is C17H18N4O2. The Bertz CT molecular complexity index is 847. The number of nitrogens with one attached hydrogen (secondary N) is 2. The van der Waals surface area contributed by atoms with Crippen LogP contribution in [0.1, 0.15) is 38.3 Å². The summed E-state index contributed by atoms with van der Waals surface area (Å²) in [6.07, 6.45) is 1.81. The Balaban J connectivity index is 2.02. The van der Waals surface area contributed by atoms with Crippen LogP contribution in [0.15, 0.2) is 30.5 Å². The van der Waals surface area contributed by atoms with Crippen LogP contribution in [0.2, 0.25) is 0 Å². The fourth-order valence-electron chi connectivity index (χ4n) is 3.56. The molecule has 0 saturated carbocycles. The summed E-state index contributed by atoms with van der Waals surface area (Å²) in [6.45, 7) is 6.03. The summed E-state index contributed by atoms with van der Waals surface area (Å²) in [5.74, 6) is 0.277. The topological polar surface area (TPSA) is 76.0 Å². The Hall–Kier alpha value is -2.63. The lowest BCUT2D eigenvalue weighted by Crippen LogP contribution is -2.44. The largest absolute Gasteiger partial charge is 0.325 e. The fourth-order valence-corrected chi connectivity index (χ4v) is 3.56. The van der Waals surface area contributed by atoms with Gasteiger partial charge < -0.3 is 10.6 Å². The first-order valence-corrected chi connectivity index (χ1v) is 7.64. The summed E-state index contributed by atoms with van der Waals surface area (Å²) in [6, 6.07) is 7.54. The van der Waals surface area contributed by atoms with E-state index in [9.17, 15) is 9.59 Å². The van der Waals surface area contributed by atoms with Crippen molar-refractivity contribution in [3.63, 3.8) is 0 Å². The number of benzene rings is 1. The molecule has 1 aromatic carbocycles. The smallest absolute Gasteiger partial charge is 0.240 e. The molecule has 0 saturated heterocycles. The van der Waals surface area contributed by atoms with Crippen LogP contribution in [-0.4, -0.2) is 21.6 Å². The molecule has 0 fully saturated rings. The van der Waals surface area contributed by atoms with E-state index in [2.05, 4.69) is 15.7 Å². The first kappa shape index (κ1) is 14.0. The van der Waals surface area contributed by atoms with E-state index in [1.165, 1.54) is 0 Å². The van der Waals surface area contributed by atoms with Crippen LogP contribution in [0, 0.1) is 0 Å². The second kappa shape index (κ2) is 4.22. The maximum Gasteiger partial charge on any atom is 0.240 e. The van der Waals surface area contributed by atoms with Crippen LogP contribution in [0.3, 0.4) is 0 Å². The van der Waals surface area contributed by atoms with Gasteiger partial charge in [-0.25, -0.2) is 4.68 Å². The zero-order valence-corrected chi connectivity index (χ0v) is 13.3. The molecule has 1 unspecified atom stereocenters. The molecule has 3 heterocycles. The van der Waals surface area contributed by atoms with Gasteiger partial charge in [0.15, 0.2) is 0 Å². The van der Waals surface area contributed by atoms with Gasteiger partial charge >= 0.3 is 0 Å². The van der Waals surface area contributed by atoms with E-state index >= 15 is 0 Å². The van der Waals surface area contributed by atoms with Crippen LogP contribution < -0.4 is 10.6 Å². The normalized spacial score (nSPS) is 22.6. The number of nitrogens with zero attached hydrogens (tertiary/aromatic N) is 2. The number of hydrogen-bond acceptors (Lipinski definition) is 3. The number of carbonyl (C=O) groups is 2. The third kappa shape index (κ3) is 1.72. The third-order valence-corrected chi connectivity index (χ3v) is 4.57. The van der Waals surface area contributed by atoms with Crippen molar-refractivity contribution >= 4 is 23.3 Å². The third-order valence-electron chi connectivity index (χ3n) is 4.57. The van der Waals surface area contributed by atoms with Gasteiger partial charge in [-0.2, -0.15) is 5.10 Å². The van der Waals surface area contributed by atoms with Crippen molar-refractivity contribution in [2.24, 2.45) is 0 Å². The maximum atomic E-state index is 12.8. The van der Waals surface area contributed by atoms with E-state index in [0.29, 0.717) is 5.82 Å². The van der Waals surface area contributed by atoms with Gasteiger partial charge in [-0.3, -0.25) is 9.59 Å². The summed E-state index contributed by atoms with van der Waals surface area (Å²) in [4.78, 5) is 25.2. The Morgan fingerprint density at radius 1 is 1.13 bits per heavy atom. The monoisotopic (exact) mass is 310 g/mol. The molecule has 118 valence electrons. The summed E-state index contributed by atoms with van der Waals surface area (Å²) >= 11 is 0. The van der Waals surface area contributed by atoms with Crippen LogP contribution in [0.25, 0.3) is 0 Å². The molecule has 4 rings (SSSR count). The van der Waals surface area contributed by atoms with Crippen molar-refractivity contribution in [2.75, 3.05) is 10.6 Å². The molecule has 2 aliphatic rings. The molecule has 6 heteroatoms. The SMILES string of the molecule is CC(C)(C)n1ncc2c1NC(=O)CC21C(=O)Nc2ccccc21. The predicted molar refractivity (Wildman–Crippen MR) is 86.3 cm³/mol. The lowest BCUT2D eigenvalue weighted by Gasteiger charge is -2.33. The molecule has 23 heavy (non-hydrogen) atoms. The van der Waals surface area contributed by atoms with E-state index in [4.69, 9.17) is 0 Å². The minimum absolute atomic E-state index is 0.0959. The van der Waals surface area contributed by atoms with Crippen molar-refractivity contribution in [2.45, 2.75) is 38.1 Å². The predicted octanol–water partition coefficient (Wildman–Crippen LogP) is 2.22. The molecule has 1 aromatic heterocycles. The van der Waals surface area contributed by atoms with E-state index in [1.807, 2.05) is 45.0 Å². The molecule has 0 aliphatic carbocycles. The van der Waals surface area contributed by atoms with Gasteiger partial charge in [-0.15, -0.1) is 0 Å².